The molecular formula is C12H14N2O2. The molecule has 0 saturated carbocycles. The van der Waals surface area contributed by atoms with Gasteiger partial charge in [0.1, 0.15) is 0 Å². The highest BCUT2D eigenvalue weighted by Gasteiger charge is 2.17. The maximum Gasteiger partial charge on any atom is 0.357 e. The monoisotopic (exact) mass is 218 g/mol. The van der Waals surface area contributed by atoms with Gasteiger partial charge in [0.2, 0.25) is 0 Å². The summed E-state index contributed by atoms with van der Waals surface area (Å²) in [5.74, 6) is -1.00. The van der Waals surface area contributed by atoms with Crippen LogP contribution in [0.2, 0.25) is 0 Å². The Morgan fingerprint density at radius 2 is 2.06 bits per heavy atom. The summed E-state index contributed by atoms with van der Waals surface area (Å²) < 4.78 is 0. The summed E-state index contributed by atoms with van der Waals surface area (Å²) in [6.07, 6.45) is 0. The molecule has 0 unspecified atom stereocenters. The molecule has 4 nitrogen and oxygen atoms in total. The second-order valence-electron chi connectivity index (χ2n) is 4.89. The minimum absolute atomic E-state index is 0.0443. The molecule has 0 atom stereocenters. The van der Waals surface area contributed by atoms with Crippen LogP contribution in [-0.2, 0) is 5.41 Å². The maximum absolute atomic E-state index is 10.9. The Balaban J connectivity index is 2.62. The largest absolute Gasteiger partial charge is 0.476 e. The molecule has 2 rings (SSSR count). The smallest absolute Gasteiger partial charge is 0.357 e. The van der Waals surface area contributed by atoms with Gasteiger partial charge in [0, 0.05) is 5.39 Å². The maximum atomic E-state index is 10.9. The molecule has 16 heavy (non-hydrogen) atoms. The van der Waals surface area contributed by atoms with Crippen LogP contribution >= 0.6 is 0 Å². The Morgan fingerprint density at radius 1 is 1.38 bits per heavy atom. The summed E-state index contributed by atoms with van der Waals surface area (Å²) >= 11 is 0. The second-order valence-corrected chi connectivity index (χ2v) is 4.89. The predicted molar refractivity (Wildman–Crippen MR) is 61.8 cm³/mol. The molecule has 1 aromatic carbocycles. The fourth-order valence-corrected chi connectivity index (χ4v) is 1.65. The number of fused-ring (bicyclic) bond motifs is 1. The van der Waals surface area contributed by atoms with Gasteiger partial charge in [0.25, 0.3) is 0 Å². The molecular weight excluding hydrogens is 204 g/mol. The number of nitrogens with one attached hydrogen (secondary N) is 1. The van der Waals surface area contributed by atoms with Gasteiger partial charge in [0.15, 0.2) is 5.69 Å². The first kappa shape index (κ1) is 10.7. The van der Waals surface area contributed by atoms with Crippen LogP contribution in [0.3, 0.4) is 0 Å². The van der Waals surface area contributed by atoms with E-state index in [-0.39, 0.29) is 11.1 Å². The number of H-pyrrole nitrogens is 1. The zero-order chi connectivity index (χ0) is 11.9. The van der Waals surface area contributed by atoms with E-state index in [2.05, 4.69) is 31.0 Å². The molecule has 0 aliphatic heterocycles. The molecule has 84 valence electrons. The average Bonchev–Trinajstić information content (AvgIpc) is 2.58. The summed E-state index contributed by atoms with van der Waals surface area (Å²) in [5.41, 5.74) is 2.05. The normalized spacial score (nSPS) is 11.9. The van der Waals surface area contributed by atoms with Crippen LogP contribution in [0.1, 0.15) is 36.8 Å². The average molecular weight is 218 g/mol. The molecule has 0 aliphatic carbocycles. The number of aromatic amines is 1. The van der Waals surface area contributed by atoms with Gasteiger partial charge in [-0.1, -0.05) is 32.9 Å². The molecule has 0 saturated heterocycles. The van der Waals surface area contributed by atoms with E-state index in [1.54, 1.807) is 0 Å². The van der Waals surface area contributed by atoms with Crippen molar-refractivity contribution in [1.82, 2.24) is 10.2 Å². The predicted octanol–water partition coefficient (Wildman–Crippen LogP) is 2.56. The molecule has 0 fully saturated rings. The van der Waals surface area contributed by atoms with Gasteiger partial charge < -0.3 is 5.11 Å². The molecule has 2 aromatic rings. The SMILES string of the molecule is CC(C)(C)c1ccc2c(C(=O)O)n[nH]c2c1. The Hall–Kier alpha value is -1.84. The summed E-state index contributed by atoms with van der Waals surface area (Å²) in [5, 5.41) is 16.1. The molecule has 2 N–H and O–H groups in total. The molecule has 0 aliphatic rings. The van der Waals surface area contributed by atoms with Crippen molar-refractivity contribution in [3.8, 4) is 0 Å². The number of carboxylic acid groups (broad SMARTS) is 1. The highest BCUT2D eigenvalue weighted by molar-refractivity contribution is 6.01. The first-order chi connectivity index (χ1) is 7.39. The van der Waals surface area contributed by atoms with Gasteiger partial charge in [-0.15, -0.1) is 0 Å². The lowest BCUT2D eigenvalue weighted by molar-refractivity contribution is 0.0692. The highest BCUT2D eigenvalue weighted by Crippen LogP contribution is 2.26. The first-order valence-corrected chi connectivity index (χ1v) is 5.11. The van der Waals surface area contributed by atoms with Gasteiger partial charge in [0.05, 0.1) is 5.52 Å². The number of aromatic nitrogens is 2. The molecule has 1 heterocycles. The van der Waals surface area contributed by atoms with Crippen molar-refractivity contribution in [2.75, 3.05) is 0 Å². The minimum Gasteiger partial charge on any atom is -0.476 e. The van der Waals surface area contributed by atoms with Crippen molar-refractivity contribution in [1.29, 1.82) is 0 Å². The van der Waals surface area contributed by atoms with Crippen LogP contribution < -0.4 is 0 Å². The number of carbonyl (C=O) groups is 1. The summed E-state index contributed by atoms with van der Waals surface area (Å²) in [6.45, 7) is 6.34. The van der Waals surface area contributed by atoms with Crippen LogP contribution in [-0.4, -0.2) is 21.3 Å². The van der Waals surface area contributed by atoms with E-state index >= 15 is 0 Å². The fraction of sp³-hybridized carbons (Fsp3) is 0.333. The van der Waals surface area contributed by atoms with Gasteiger partial charge in [-0.25, -0.2) is 4.79 Å². The van der Waals surface area contributed by atoms with Crippen LogP contribution in [0.25, 0.3) is 10.9 Å². The Kier molecular flexibility index (Phi) is 2.22. The van der Waals surface area contributed by atoms with Crippen LogP contribution in [0.4, 0.5) is 0 Å². The Labute approximate surface area is 93.3 Å². The third-order valence-corrected chi connectivity index (χ3v) is 2.63. The van der Waals surface area contributed by atoms with Gasteiger partial charge in [-0.05, 0) is 17.0 Å². The lowest BCUT2D eigenvalue weighted by atomic mass is 9.86. The molecule has 0 amide bonds. The molecule has 4 heteroatoms. The van der Waals surface area contributed by atoms with Gasteiger partial charge in [-0.2, -0.15) is 5.10 Å². The van der Waals surface area contributed by atoms with Crippen molar-refractivity contribution in [3.05, 3.63) is 29.5 Å². The molecule has 1 aromatic heterocycles. The van der Waals surface area contributed by atoms with E-state index in [0.717, 1.165) is 11.1 Å². The lowest BCUT2D eigenvalue weighted by Gasteiger charge is -2.18. The number of nitrogens with zero attached hydrogens (tertiary/aromatic N) is 1. The number of rotatable bonds is 1. The van der Waals surface area contributed by atoms with Crippen LogP contribution in [0, 0.1) is 0 Å². The van der Waals surface area contributed by atoms with Gasteiger partial charge in [-0.3, -0.25) is 5.10 Å². The summed E-state index contributed by atoms with van der Waals surface area (Å²) in [7, 11) is 0. The van der Waals surface area contributed by atoms with Crippen LogP contribution in [0.15, 0.2) is 18.2 Å². The van der Waals surface area contributed by atoms with E-state index in [1.165, 1.54) is 0 Å². The molecule has 0 spiro atoms. The Bertz CT molecular complexity index is 550. The summed E-state index contributed by atoms with van der Waals surface area (Å²) in [6, 6.07) is 5.71. The lowest BCUT2D eigenvalue weighted by Crippen LogP contribution is -2.10. The van der Waals surface area contributed by atoms with Gasteiger partial charge >= 0.3 is 5.97 Å². The number of carboxylic acids is 1. The second kappa shape index (κ2) is 3.33. The topological polar surface area (TPSA) is 66.0 Å². The number of hydrogen-bond acceptors (Lipinski definition) is 2. The number of hydrogen-bond donors (Lipinski definition) is 2. The van der Waals surface area contributed by atoms with Crippen molar-refractivity contribution >= 4 is 16.9 Å². The molecule has 0 radical (unpaired) electrons. The molecule has 0 bridgehead atoms. The zero-order valence-electron chi connectivity index (χ0n) is 9.53. The number of aromatic carboxylic acids is 1. The third-order valence-electron chi connectivity index (χ3n) is 2.63. The Morgan fingerprint density at radius 3 is 2.62 bits per heavy atom. The van der Waals surface area contributed by atoms with E-state index in [0.29, 0.717) is 5.39 Å². The van der Waals surface area contributed by atoms with Crippen molar-refractivity contribution in [2.24, 2.45) is 0 Å². The van der Waals surface area contributed by atoms with E-state index in [4.69, 9.17) is 5.11 Å². The van der Waals surface area contributed by atoms with Crippen molar-refractivity contribution in [2.45, 2.75) is 26.2 Å². The zero-order valence-corrected chi connectivity index (χ0v) is 9.53. The quantitative estimate of drug-likeness (QED) is 0.773. The van der Waals surface area contributed by atoms with Crippen molar-refractivity contribution < 1.29 is 9.90 Å². The van der Waals surface area contributed by atoms with E-state index in [9.17, 15) is 4.79 Å². The standard InChI is InChI=1S/C12H14N2O2/c1-12(2,3)7-4-5-8-9(6-7)13-14-10(8)11(15)16/h4-6H,1-3H3,(H,13,14)(H,15,16). The van der Waals surface area contributed by atoms with Crippen LogP contribution in [0.5, 0.6) is 0 Å². The van der Waals surface area contributed by atoms with E-state index < -0.39 is 5.97 Å². The number of benzene rings is 1. The fourth-order valence-electron chi connectivity index (χ4n) is 1.65. The van der Waals surface area contributed by atoms with E-state index in [1.807, 2.05) is 18.2 Å². The first-order valence-electron chi connectivity index (χ1n) is 5.11. The highest BCUT2D eigenvalue weighted by atomic mass is 16.4. The summed E-state index contributed by atoms with van der Waals surface area (Å²) in [4.78, 5) is 10.9. The van der Waals surface area contributed by atoms with Crippen molar-refractivity contribution in [3.63, 3.8) is 0 Å². The minimum atomic E-state index is -1.00. The third kappa shape index (κ3) is 1.66.